The fourth-order valence-corrected chi connectivity index (χ4v) is 2.95. The van der Waals surface area contributed by atoms with Crippen LogP contribution in [0.2, 0.25) is 0 Å². The van der Waals surface area contributed by atoms with Crippen molar-refractivity contribution in [1.82, 2.24) is 10.3 Å². The van der Waals surface area contributed by atoms with Gasteiger partial charge >= 0.3 is 0 Å². The Balaban J connectivity index is 2.11. The van der Waals surface area contributed by atoms with E-state index in [0.29, 0.717) is 5.56 Å². The average molecular weight is 303 g/mol. The molecule has 0 radical (unpaired) electrons. The maximum atomic E-state index is 12.0. The second-order valence-electron chi connectivity index (χ2n) is 5.38. The van der Waals surface area contributed by atoms with E-state index in [4.69, 9.17) is 0 Å². The predicted molar refractivity (Wildman–Crippen MR) is 87.9 cm³/mol. The van der Waals surface area contributed by atoms with Gasteiger partial charge in [-0.05, 0) is 45.9 Å². The minimum absolute atomic E-state index is 0.0460. The van der Waals surface area contributed by atoms with Crippen molar-refractivity contribution < 1.29 is 4.79 Å². The van der Waals surface area contributed by atoms with Crippen LogP contribution < -0.4 is 10.6 Å². The zero-order valence-corrected chi connectivity index (χ0v) is 13.6. The van der Waals surface area contributed by atoms with Crippen molar-refractivity contribution in [1.29, 1.82) is 0 Å². The summed E-state index contributed by atoms with van der Waals surface area (Å²) in [5, 5.41) is 6.33. The molecule has 0 aliphatic carbocycles. The van der Waals surface area contributed by atoms with Gasteiger partial charge in [0.15, 0.2) is 0 Å². The van der Waals surface area contributed by atoms with Gasteiger partial charge in [-0.15, -0.1) is 11.3 Å². The summed E-state index contributed by atoms with van der Waals surface area (Å²) in [7, 11) is 0. The van der Waals surface area contributed by atoms with Crippen LogP contribution in [0.4, 0.5) is 5.69 Å². The first-order valence-electron chi connectivity index (χ1n) is 7.05. The van der Waals surface area contributed by atoms with Gasteiger partial charge in [-0.2, -0.15) is 0 Å². The molecule has 1 unspecified atom stereocenters. The van der Waals surface area contributed by atoms with Gasteiger partial charge in [0.05, 0.1) is 17.2 Å². The topological polar surface area (TPSA) is 54.0 Å². The number of nitrogens with one attached hydrogen (secondary N) is 2. The lowest BCUT2D eigenvalue weighted by Crippen LogP contribution is -2.30. The Morgan fingerprint density at radius 2 is 2.05 bits per heavy atom. The molecule has 0 spiro atoms. The van der Waals surface area contributed by atoms with Crippen molar-refractivity contribution >= 4 is 22.9 Å². The van der Waals surface area contributed by atoms with Gasteiger partial charge in [-0.3, -0.25) is 4.79 Å². The van der Waals surface area contributed by atoms with E-state index in [0.717, 1.165) is 11.4 Å². The minimum atomic E-state index is -0.0460. The highest BCUT2D eigenvalue weighted by atomic mass is 32.1. The van der Waals surface area contributed by atoms with E-state index in [1.165, 1.54) is 4.88 Å². The number of carbonyl (C=O) groups is 1. The molecule has 1 amide bonds. The third kappa shape index (κ3) is 4.04. The van der Waals surface area contributed by atoms with Gasteiger partial charge in [-0.25, -0.2) is 4.98 Å². The largest absolute Gasteiger partial charge is 0.378 e. The maximum absolute atomic E-state index is 12.0. The molecule has 5 heteroatoms. The second-order valence-corrected chi connectivity index (χ2v) is 6.26. The number of rotatable bonds is 5. The highest BCUT2D eigenvalue weighted by Crippen LogP contribution is 2.25. The molecule has 1 aromatic carbocycles. The summed E-state index contributed by atoms with van der Waals surface area (Å²) < 4.78 is 0. The molecule has 2 rings (SSSR count). The fraction of sp³-hybridized carbons (Fsp3) is 0.375. The number of thiazole rings is 1. The third-order valence-electron chi connectivity index (χ3n) is 3.10. The predicted octanol–water partition coefficient (Wildman–Crippen LogP) is 3.76. The van der Waals surface area contributed by atoms with Crippen molar-refractivity contribution in [2.75, 3.05) is 5.32 Å². The molecule has 0 bridgehead atoms. The molecule has 1 aromatic heterocycles. The number of carbonyl (C=O) groups excluding carboxylic acids is 1. The van der Waals surface area contributed by atoms with Crippen molar-refractivity contribution in [3.8, 4) is 0 Å². The van der Waals surface area contributed by atoms with Gasteiger partial charge in [0.1, 0.15) is 0 Å². The lowest BCUT2D eigenvalue weighted by molar-refractivity contribution is 0.0943. The summed E-state index contributed by atoms with van der Waals surface area (Å²) in [6, 6.07) is 7.87. The molecule has 0 saturated carbocycles. The number of benzene rings is 1. The lowest BCUT2D eigenvalue weighted by Gasteiger charge is -2.15. The first-order valence-corrected chi connectivity index (χ1v) is 7.92. The third-order valence-corrected chi connectivity index (χ3v) is 4.22. The number of nitrogens with zero attached hydrogens (tertiary/aromatic N) is 1. The molecule has 1 heterocycles. The molecule has 0 saturated heterocycles. The van der Waals surface area contributed by atoms with Crippen molar-refractivity contribution in [3.05, 3.63) is 45.9 Å². The molecule has 0 fully saturated rings. The van der Waals surface area contributed by atoms with E-state index in [2.05, 4.69) is 22.5 Å². The SMILES string of the molecule is Cc1ncsc1C(C)Nc1cccc(C(=O)NC(C)C)c1. The quantitative estimate of drug-likeness (QED) is 0.884. The Morgan fingerprint density at radius 1 is 1.29 bits per heavy atom. The van der Waals surface area contributed by atoms with Gasteiger partial charge in [0, 0.05) is 22.2 Å². The van der Waals surface area contributed by atoms with Gasteiger partial charge in [0.2, 0.25) is 0 Å². The van der Waals surface area contributed by atoms with Gasteiger partial charge in [-0.1, -0.05) is 6.07 Å². The normalized spacial score (nSPS) is 12.2. The van der Waals surface area contributed by atoms with E-state index in [9.17, 15) is 4.79 Å². The van der Waals surface area contributed by atoms with Crippen LogP contribution in [0.3, 0.4) is 0 Å². The monoisotopic (exact) mass is 303 g/mol. The summed E-state index contributed by atoms with van der Waals surface area (Å²) in [5.41, 5.74) is 4.51. The number of aryl methyl sites for hydroxylation is 1. The maximum Gasteiger partial charge on any atom is 0.251 e. The zero-order chi connectivity index (χ0) is 15.4. The van der Waals surface area contributed by atoms with Crippen LogP contribution in [0, 0.1) is 6.92 Å². The van der Waals surface area contributed by atoms with Crippen LogP contribution in [0.15, 0.2) is 29.8 Å². The highest BCUT2D eigenvalue weighted by molar-refractivity contribution is 7.09. The number of hydrogen-bond acceptors (Lipinski definition) is 4. The second kappa shape index (κ2) is 6.72. The van der Waals surface area contributed by atoms with Crippen LogP contribution in [-0.2, 0) is 0 Å². The Bertz CT molecular complexity index is 621. The van der Waals surface area contributed by atoms with E-state index in [1.807, 2.05) is 50.5 Å². The number of amides is 1. The van der Waals surface area contributed by atoms with Crippen LogP contribution >= 0.6 is 11.3 Å². The molecule has 1 atom stereocenters. The van der Waals surface area contributed by atoms with Crippen LogP contribution in [0.25, 0.3) is 0 Å². The smallest absolute Gasteiger partial charge is 0.251 e. The molecule has 2 N–H and O–H groups in total. The van der Waals surface area contributed by atoms with E-state index < -0.39 is 0 Å². The standard InChI is InChI=1S/C16H21N3OS/c1-10(2)18-16(20)13-6-5-7-14(8-13)19-12(4)15-11(3)17-9-21-15/h5-10,12,19H,1-4H3,(H,18,20). The van der Waals surface area contributed by atoms with E-state index >= 15 is 0 Å². The van der Waals surface area contributed by atoms with Crippen LogP contribution in [-0.4, -0.2) is 16.9 Å². The van der Waals surface area contributed by atoms with E-state index in [1.54, 1.807) is 11.3 Å². The number of anilines is 1. The Morgan fingerprint density at radius 3 is 2.67 bits per heavy atom. The van der Waals surface area contributed by atoms with Crippen LogP contribution in [0.1, 0.15) is 47.7 Å². The summed E-state index contributed by atoms with van der Waals surface area (Å²) in [5.74, 6) is -0.0460. The summed E-state index contributed by atoms with van der Waals surface area (Å²) in [6.07, 6.45) is 0. The summed E-state index contributed by atoms with van der Waals surface area (Å²) >= 11 is 1.64. The van der Waals surface area contributed by atoms with E-state index in [-0.39, 0.29) is 18.0 Å². The van der Waals surface area contributed by atoms with Crippen molar-refractivity contribution in [2.45, 2.75) is 39.8 Å². The molecule has 0 aliphatic rings. The molecule has 112 valence electrons. The van der Waals surface area contributed by atoms with Gasteiger partial charge in [0.25, 0.3) is 5.91 Å². The lowest BCUT2D eigenvalue weighted by atomic mass is 10.1. The molecule has 2 aromatic rings. The molecular weight excluding hydrogens is 282 g/mol. The summed E-state index contributed by atoms with van der Waals surface area (Å²) in [6.45, 7) is 8.02. The average Bonchev–Trinajstić information content (AvgIpc) is 2.84. The Labute approximate surface area is 129 Å². The zero-order valence-electron chi connectivity index (χ0n) is 12.8. The Kier molecular flexibility index (Phi) is 4.96. The first-order chi connectivity index (χ1) is 9.97. The van der Waals surface area contributed by atoms with Crippen LogP contribution in [0.5, 0.6) is 0 Å². The highest BCUT2D eigenvalue weighted by Gasteiger charge is 2.12. The molecule has 0 aliphatic heterocycles. The molecule has 4 nitrogen and oxygen atoms in total. The first kappa shape index (κ1) is 15.5. The fourth-order valence-electron chi connectivity index (χ4n) is 2.14. The molecule has 21 heavy (non-hydrogen) atoms. The van der Waals surface area contributed by atoms with Gasteiger partial charge < -0.3 is 10.6 Å². The molecular formula is C16H21N3OS. The minimum Gasteiger partial charge on any atom is -0.378 e. The number of hydrogen-bond donors (Lipinski definition) is 2. The number of aromatic nitrogens is 1. The Hall–Kier alpha value is -1.88. The van der Waals surface area contributed by atoms with Crippen molar-refractivity contribution in [2.24, 2.45) is 0 Å². The summed E-state index contributed by atoms with van der Waals surface area (Å²) in [4.78, 5) is 17.5. The van der Waals surface area contributed by atoms with Crippen molar-refractivity contribution in [3.63, 3.8) is 0 Å².